The van der Waals surface area contributed by atoms with Gasteiger partial charge < -0.3 is 24.8 Å². The van der Waals surface area contributed by atoms with E-state index < -0.39 is 0 Å². The van der Waals surface area contributed by atoms with Crippen molar-refractivity contribution in [2.75, 3.05) is 0 Å². The van der Waals surface area contributed by atoms with Gasteiger partial charge in [-0.2, -0.15) is 11.6 Å². The Morgan fingerprint density at radius 3 is 1.38 bits per heavy atom. The molecule has 5 aliphatic rings. The molecular formula is C58H64Cl2Zr-2. The van der Waals surface area contributed by atoms with Crippen LogP contribution in [-0.2, 0) is 35.1 Å². The van der Waals surface area contributed by atoms with Crippen molar-refractivity contribution >= 4 is 24.8 Å². The Bertz CT molecular complexity index is 2370. The van der Waals surface area contributed by atoms with Crippen LogP contribution in [0.4, 0.5) is 0 Å². The molecule has 1 unspecified atom stereocenters. The summed E-state index contributed by atoms with van der Waals surface area (Å²) in [5.41, 5.74) is 11.7. The Labute approximate surface area is 395 Å². The smallest absolute Gasteiger partial charge is 1.00 e. The van der Waals surface area contributed by atoms with E-state index in [1.54, 1.807) is 12.0 Å². The average molecular weight is 923 g/mol. The fourth-order valence-electron chi connectivity index (χ4n) is 11.3. The van der Waals surface area contributed by atoms with Gasteiger partial charge in [-0.3, -0.25) is 6.08 Å². The van der Waals surface area contributed by atoms with E-state index in [0.29, 0.717) is 11.3 Å². The van der Waals surface area contributed by atoms with Crippen molar-refractivity contribution in [2.24, 2.45) is 35.0 Å². The Hall–Kier alpha value is -3.22. The van der Waals surface area contributed by atoms with E-state index in [1.807, 2.05) is 6.07 Å². The Morgan fingerprint density at radius 2 is 1.03 bits per heavy atom. The number of halogens is 2. The fourth-order valence-corrected chi connectivity index (χ4v) is 11.7. The summed E-state index contributed by atoms with van der Waals surface area (Å²) in [6.07, 6.45) is 15.9. The SMILES string of the molecule is CC(C)(C)c1cc2c(cc1-c1ccccc1)[cH-]c1cc(-c3ccccc3)c(C(C)(C)C)cc12.CC1[C-]=CC(C2(C)C3CC4CC(C3)CC2C4)=C1.C[C](=[Zr+2])c1ccccc1.[Cl-].[Cl-]. The Morgan fingerprint density at radius 1 is 0.623 bits per heavy atom. The second-order valence-electron chi connectivity index (χ2n) is 20.6. The summed E-state index contributed by atoms with van der Waals surface area (Å²) < 4.78 is 1.46. The summed E-state index contributed by atoms with van der Waals surface area (Å²) in [7, 11) is 0. The first kappa shape index (κ1) is 47.3. The normalized spacial score (nSPS) is 23.6. The van der Waals surface area contributed by atoms with Crippen molar-refractivity contribution in [1.82, 2.24) is 0 Å². The second-order valence-corrected chi connectivity index (χ2v) is 22.5. The number of hydrogen-bond donors (Lipinski definition) is 0. The molecule has 11 rings (SSSR count). The molecule has 0 spiro atoms. The van der Waals surface area contributed by atoms with E-state index in [9.17, 15) is 0 Å². The molecule has 4 fully saturated rings. The molecule has 0 N–H and O–H groups in total. The van der Waals surface area contributed by atoms with Crippen LogP contribution in [0, 0.1) is 41.1 Å². The van der Waals surface area contributed by atoms with Gasteiger partial charge in [-0.15, -0.1) is 39.7 Å². The van der Waals surface area contributed by atoms with Crippen LogP contribution in [0.5, 0.6) is 0 Å². The maximum absolute atomic E-state index is 3.49. The molecule has 0 saturated heterocycles. The molecule has 3 heteroatoms. The number of rotatable bonds is 4. The zero-order valence-corrected chi connectivity index (χ0v) is 41.8. The van der Waals surface area contributed by atoms with Gasteiger partial charge in [0.05, 0.1) is 0 Å². The zero-order chi connectivity index (χ0) is 41.7. The predicted molar refractivity (Wildman–Crippen MR) is 252 cm³/mol. The van der Waals surface area contributed by atoms with E-state index in [1.165, 1.54) is 114 Å². The summed E-state index contributed by atoms with van der Waals surface area (Å²) >= 11 is 1.51. The molecule has 0 heterocycles. The van der Waals surface area contributed by atoms with Crippen molar-refractivity contribution in [1.29, 1.82) is 0 Å². The predicted octanol–water partition coefficient (Wildman–Crippen LogP) is 9.81. The minimum Gasteiger partial charge on any atom is -1.00 e. The Balaban J connectivity index is 0.000000184. The van der Waals surface area contributed by atoms with Crippen LogP contribution in [0.2, 0.25) is 0 Å². The fraction of sp³-hybridized carbons (Fsp3) is 0.379. The molecule has 0 aromatic heterocycles. The summed E-state index contributed by atoms with van der Waals surface area (Å²) in [5.74, 6) is 4.68. The monoisotopic (exact) mass is 920 g/mol. The van der Waals surface area contributed by atoms with Crippen LogP contribution >= 0.6 is 0 Å². The summed E-state index contributed by atoms with van der Waals surface area (Å²) in [6.45, 7) is 20.9. The van der Waals surface area contributed by atoms with Gasteiger partial charge in [-0.1, -0.05) is 140 Å². The quantitative estimate of drug-likeness (QED) is 0.155. The van der Waals surface area contributed by atoms with E-state index in [-0.39, 0.29) is 35.6 Å². The minimum absolute atomic E-state index is 0. The third-order valence-corrected chi connectivity index (χ3v) is 15.1. The van der Waals surface area contributed by atoms with Crippen molar-refractivity contribution in [3.8, 4) is 22.3 Å². The van der Waals surface area contributed by atoms with Crippen LogP contribution in [-0.4, -0.2) is 3.21 Å². The Kier molecular flexibility index (Phi) is 14.6. The summed E-state index contributed by atoms with van der Waals surface area (Å²) in [6, 6.07) is 44.2. The van der Waals surface area contributed by atoms with Gasteiger partial charge >= 0.3 is 70.3 Å². The standard InChI is InChI=1S/C33H33.C17H23.C8H8.2ClH.Zr/c1-32(2,3)30-20-26-24(18-28(30)22-13-9-7-10-14-22)17-25-19-29(23-15-11-8-12-16-23)31(21-27(25)26)33(4,5)6;1-11-3-4-14(5-11)17(2)15-7-12-6-13(9-15)10-16(17)8-12;1-2-8-6-4-3-5-7-8;;;/h7-21H,1-6H3;4-5,11-13,15-16H,6-10H2,1-2H3;3-7H,1H3;2*1H;/q2*-1;;;;+2/p-2. The molecule has 6 aromatic carbocycles. The molecule has 5 aliphatic carbocycles. The largest absolute Gasteiger partial charge is 1.00 e. The molecule has 4 bridgehead atoms. The molecule has 0 nitrogen and oxygen atoms in total. The van der Waals surface area contributed by atoms with Crippen LogP contribution in [0.3, 0.4) is 0 Å². The van der Waals surface area contributed by atoms with E-state index in [0.717, 1.165) is 23.7 Å². The van der Waals surface area contributed by atoms with Crippen molar-refractivity contribution in [3.63, 3.8) is 0 Å². The first-order valence-corrected chi connectivity index (χ1v) is 23.6. The minimum atomic E-state index is 0. The molecule has 61 heavy (non-hydrogen) atoms. The average Bonchev–Trinajstić information content (AvgIpc) is 3.82. The van der Waals surface area contributed by atoms with Gasteiger partial charge in [0.2, 0.25) is 0 Å². The maximum Gasteiger partial charge on any atom is -1.00 e. The van der Waals surface area contributed by atoms with E-state index in [2.05, 4.69) is 196 Å². The first-order chi connectivity index (χ1) is 28.1. The number of hydrogen-bond acceptors (Lipinski definition) is 0. The number of benzene rings is 5. The van der Waals surface area contributed by atoms with E-state index >= 15 is 0 Å². The summed E-state index contributed by atoms with van der Waals surface area (Å²) in [4.78, 5) is 0. The van der Waals surface area contributed by atoms with Gasteiger partial charge in [-0.05, 0) is 100.0 Å². The molecule has 1 atom stereocenters. The molecule has 6 aromatic rings. The topological polar surface area (TPSA) is 0 Å². The maximum atomic E-state index is 3.49. The summed E-state index contributed by atoms with van der Waals surface area (Å²) in [5, 5.41) is 5.36. The van der Waals surface area contributed by atoms with Crippen molar-refractivity contribution in [2.45, 2.75) is 105 Å². The van der Waals surface area contributed by atoms with E-state index in [4.69, 9.17) is 0 Å². The second kappa shape index (κ2) is 18.9. The number of fused-ring (bicyclic) bond motifs is 3. The van der Waals surface area contributed by atoms with Gasteiger partial charge in [0.15, 0.2) is 0 Å². The van der Waals surface area contributed by atoms with Crippen LogP contribution < -0.4 is 24.8 Å². The van der Waals surface area contributed by atoms with Crippen LogP contribution in [0.15, 0.2) is 139 Å². The molecule has 0 aliphatic heterocycles. The van der Waals surface area contributed by atoms with Gasteiger partial charge in [-0.25, -0.2) is 6.08 Å². The molecular weight excluding hydrogens is 859 g/mol. The molecule has 316 valence electrons. The van der Waals surface area contributed by atoms with Crippen LogP contribution in [0.1, 0.15) is 111 Å². The van der Waals surface area contributed by atoms with Gasteiger partial charge in [0.1, 0.15) is 0 Å². The van der Waals surface area contributed by atoms with Crippen molar-refractivity contribution in [3.05, 3.63) is 162 Å². The molecule has 0 amide bonds. The number of allylic oxidation sites excluding steroid dienone is 4. The molecule has 4 saturated carbocycles. The first-order valence-electron chi connectivity index (χ1n) is 22.3. The van der Waals surface area contributed by atoms with Crippen molar-refractivity contribution < 1.29 is 49.0 Å². The van der Waals surface area contributed by atoms with Crippen LogP contribution in [0.25, 0.3) is 43.8 Å². The van der Waals surface area contributed by atoms with Gasteiger partial charge in [0.25, 0.3) is 0 Å². The zero-order valence-electron chi connectivity index (χ0n) is 37.9. The molecule has 0 radical (unpaired) electrons. The van der Waals surface area contributed by atoms with Gasteiger partial charge in [0, 0.05) is 0 Å². The third kappa shape index (κ3) is 9.81. The third-order valence-electron chi connectivity index (χ3n) is 14.4.